The Hall–Kier alpha value is -1.73. The highest BCUT2D eigenvalue weighted by molar-refractivity contribution is 7.67. The van der Waals surface area contributed by atoms with E-state index in [1.165, 1.54) is 5.30 Å². The maximum atomic E-state index is 5.99. The van der Waals surface area contributed by atoms with E-state index < -0.39 is 7.92 Å². The fourth-order valence-corrected chi connectivity index (χ4v) is 5.30. The molecule has 0 N–H and O–H groups in total. The summed E-state index contributed by atoms with van der Waals surface area (Å²) in [5.41, 5.74) is 2.17. The monoisotopic (exact) mass is 330 g/mol. The largest absolute Gasteiger partial charge is 0.496 e. The minimum Gasteiger partial charge on any atom is -0.496 e. The number of fused-ring (bicyclic) bond motifs is 1. The number of hydrogen-bond acceptors (Lipinski definition) is 3. The van der Waals surface area contributed by atoms with Gasteiger partial charge < -0.3 is 14.2 Å². The van der Waals surface area contributed by atoms with Gasteiger partial charge >= 0.3 is 0 Å². The Morgan fingerprint density at radius 2 is 1.57 bits per heavy atom. The molecule has 0 spiro atoms. The molecule has 0 aliphatic carbocycles. The Kier molecular flexibility index (Phi) is 4.25. The molecule has 0 aromatic heterocycles. The van der Waals surface area contributed by atoms with Crippen molar-refractivity contribution in [2.24, 2.45) is 0 Å². The summed E-state index contributed by atoms with van der Waals surface area (Å²) in [4.78, 5) is 0. The zero-order valence-corrected chi connectivity index (χ0v) is 15.2. The summed E-state index contributed by atoms with van der Waals surface area (Å²) in [5, 5.41) is 1.50. The molecule has 0 amide bonds. The summed E-state index contributed by atoms with van der Waals surface area (Å²) in [6.07, 6.45) is 0.780. The molecule has 0 unspecified atom stereocenters. The third kappa shape index (κ3) is 2.79. The van der Waals surface area contributed by atoms with E-state index in [4.69, 9.17) is 14.2 Å². The lowest BCUT2D eigenvalue weighted by Gasteiger charge is -2.28. The van der Waals surface area contributed by atoms with Gasteiger partial charge in [-0.2, -0.15) is 0 Å². The normalized spacial score (nSPS) is 16.7. The molecule has 3 nitrogen and oxygen atoms in total. The van der Waals surface area contributed by atoms with Crippen molar-refractivity contribution in [2.45, 2.75) is 25.9 Å². The van der Waals surface area contributed by atoms with Crippen LogP contribution in [-0.2, 0) is 0 Å². The Balaban J connectivity index is 2.27. The topological polar surface area (TPSA) is 27.7 Å². The molecule has 1 heterocycles. The molecule has 2 aromatic rings. The van der Waals surface area contributed by atoms with Gasteiger partial charge in [0.2, 0.25) is 0 Å². The highest BCUT2D eigenvalue weighted by Gasteiger charge is 2.36. The van der Waals surface area contributed by atoms with Crippen molar-refractivity contribution in [1.82, 2.24) is 0 Å². The molecule has 0 saturated heterocycles. The van der Waals surface area contributed by atoms with E-state index in [0.29, 0.717) is 0 Å². The average molecular weight is 330 g/mol. The predicted octanol–water partition coefficient (Wildman–Crippen LogP) is 4.63. The van der Waals surface area contributed by atoms with Crippen molar-refractivity contribution in [3.8, 4) is 28.4 Å². The first-order valence-corrected chi connectivity index (χ1v) is 9.25. The fourth-order valence-electron chi connectivity index (χ4n) is 2.96. The van der Waals surface area contributed by atoms with Gasteiger partial charge in [-0.05, 0) is 31.3 Å². The maximum Gasteiger partial charge on any atom is 0.130 e. The van der Waals surface area contributed by atoms with Gasteiger partial charge in [0.1, 0.15) is 23.6 Å². The molecule has 0 bridgehead atoms. The summed E-state index contributed by atoms with van der Waals surface area (Å²) >= 11 is 0. The molecule has 3 rings (SSSR count). The molecule has 23 heavy (non-hydrogen) atoms. The lowest BCUT2D eigenvalue weighted by Crippen LogP contribution is -2.19. The Morgan fingerprint density at radius 1 is 0.957 bits per heavy atom. The van der Waals surface area contributed by atoms with Crippen LogP contribution in [0.25, 0.3) is 11.1 Å². The number of benzene rings is 2. The van der Waals surface area contributed by atoms with Gasteiger partial charge in [0.25, 0.3) is 0 Å². The van der Waals surface area contributed by atoms with E-state index in [2.05, 4.69) is 32.9 Å². The van der Waals surface area contributed by atoms with Crippen molar-refractivity contribution in [2.75, 3.05) is 20.6 Å². The van der Waals surface area contributed by atoms with Crippen molar-refractivity contribution in [3.63, 3.8) is 0 Å². The lowest BCUT2D eigenvalue weighted by molar-refractivity contribution is 0.397. The first-order valence-electron chi connectivity index (χ1n) is 7.72. The summed E-state index contributed by atoms with van der Waals surface area (Å²) in [6, 6.07) is 12.2. The van der Waals surface area contributed by atoms with Crippen LogP contribution in [-0.4, -0.2) is 25.7 Å². The number of methoxy groups -OCH3 is 2. The summed E-state index contributed by atoms with van der Waals surface area (Å²) in [6.45, 7) is 6.86. The van der Waals surface area contributed by atoms with Gasteiger partial charge in [0.15, 0.2) is 0 Å². The highest BCUT2D eigenvalue weighted by Crippen LogP contribution is 2.56. The molecule has 0 radical (unpaired) electrons. The van der Waals surface area contributed by atoms with Crippen LogP contribution >= 0.6 is 7.92 Å². The van der Waals surface area contributed by atoms with Crippen LogP contribution < -0.4 is 19.5 Å². The van der Waals surface area contributed by atoms with Crippen LogP contribution in [0.2, 0.25) is 0 Å². The Labute approximate surface area is 139 Å². The highest BCUT2D eigenvalue weighted by atomic mass is 31.1. The zero-order chi connectivity index (χ0) is 16.6. The molecule has 122 valence electrons. The van der Waals surface area contributed by atoms with E-state index in [1.54, 1.807) is 14.2 Å². The third-order valence-corrected chi connectivity index (χ3v) is 7.13. The van der Waals surface area contributed by atoms with Crippen LogP contribution in [0.3, 0.4) is 0 Å². The maximum absolute atomic E-state index is 5.99. The zero-order valence-electron chi connectivity index (χ0n) is 14.3. The van der Waals surface area contributed by atoms with Gasteiger partial charge in [0.05, 0.1) is 19.8 Å². The van der Waals surface area contributed by atoms with Crippen LogP contribution in [0.1, 0.15) is 20.8 Å². The van der Waals surface area contributed by atoms with Gasteiger partial charge in [-0.25, -0.2) is 0 Å². The first-order chi connectivity index (χ1) is 11.0. The van der Waals surface area contributed by atoms with E-state index >= 15 is 0 Å². The van der Waals surface area contributed by atoms with Crippen LogP contribution in [0, 0.1) is 0 Å². The Bertz CT molecular complexity index is 697. The SMILES string of the molecule is COc1cccc(OC)c1-c1cccc2c1[P@](C(C)(C)C)CO2. The molecule has 0 fully saturated rings. The number of ether oxygens (including phenoxy) is 3. The quantitative estimate of drug-likeness (QED) is 0.768. The number of rotatable bonds is 3. The van der Waals surface area contributed by atoms with E-state index in [9.17, 15) is 0 Å². The summed E-state index contributed by atoms with van der Waals surface area (Å²) in [7, 11) is 2.98. The van der Waals surface area contributed by atoms with Crippen LogP contribution in [0.4, 0.5) is 0 Å². The molecule has 2 aromatic carbocycles. The Morgan fingerprint density at radius 3 is 2.13 bits per heavy atom. The van der Waals surface area contributed by atoms with Crippen molar-refractivity contribution in [3.05, 3.63) is 36.4 Å². The predicted molar refractivity (Wildman–Crippen MR) is 96.8 cm³/mol. The van der Waals surface area contributed by atoms with E-state index in [-0.39, 0.29) is 5.16 Å². The molecule has 4 heteroatoms. The molecule has 1 aliphatic rings. The second kappa shape index (κ2) is 6.05. The smallest absolute Gasteiger partial charge is 0.130 e. The van der Waals surface area contributed by atoms with Gasteiger partial charge in [-0.15, -0.1) is 0 Å². The fraction of sp³-hybridized carbons (Fsp3) is 0.368. The number of hydrogen-bond donors (Lipinski definition) is 0. The van der Waals surface area contributed by atoms with Crippen LogP contribution in [0.5, 0.6) is 17.2 Å². The first kappa shape index (κ1) is 16.1. The summed E-state index contributed by atoms with van der Waals surface area (Å²) < 4.78 is 17.2. The third-order valence-electron chi connectivity index (χ3n) is 4.12. The van der Waals surface area contributed by atoms with Crippen LogP contribution in [0.15, 0.2) is 36.4 Å². The van der Waals surface area contributed by atoms with Gasteiger partial charge in [-0.3, -0.25) is 0 Å². The minimum atomic E-state index is -0.415. The molecular formula is C19H23O3P. The minimum absolute atomic E-state index is 0.186. The second-order valence-corrected chi connectivity index (χ2v) is 9.47. The standard InChI is InChI=1S/C19H23O3P/c1-19(2,3)23-12-22-16-11-6-8-13(18(16)23)17-14(20-4)9-7-10-15(17)21-5/h6-11H,12H2,1-5H3/t23-/m1/s1. The average Bonchev–Trinajstić information content (AvgIpc) is 2.98. The second-order valence-electron chi connectivity index (χ2n) is 6.56. The van der Waals surface area contributed by atoms with Gasteiger partial charge in [-0.1, -0.05) is 39.0 Å². The van der Waals surface area contributed by atoms with E-state index in [1.807, 2.05) is 24.3 Å². The molecule has 0 saturated carbocycles. The van der Waals surface area contributed by atoms with Crippen molar-refractivity contribution < 1.29 is 14.2 Å². The molecule has 1 atom stereocenters. The van der Waals surface area contributed by atoms with Crippen molar-refractivity contribution in [1.29, 1.82) is 0 Å². The molecule has 1 aliphatic heterocycles. The van der Waals surface area contributed by atoms with Gasteiger partial charge in [0, 0.05) is 10.9 Å². The molecular weight excluding hydrogens is 307 g/mol. The van der Waals surface area contributed by atoms with Crippen molar-refractivity contribution >= 4 is 13.2 Å². The lowest BCUT2D eigenvalue weighted by atomic mass is 10.0. The van der Waals surface area contributed by atoms with E-state index in [0.717, 1.165) is 34.7 Å². The summed E-state index contributed by atoms with van der Waals surface area (Å²) in [5.74, 6) is 2.65.